The Morgan fingerprint density at radius 1 is 1.16 bits per heavy atom. The van der Waals surface area contributed by atoms with Gasteiger partial charge in [-0.25, -0.2) is 4.98 Å². The van der Waals surface area contributed by atoms with Crippen LogP contribution >= 0.6 is 11.3 Å². The standard InChI is InChI=1S/C18H14N4O2S/c1-2-22-13-9-5-3-7-11(13)16(23)15(21-22)17(24)20-18-19-12-8-4-6-10-14(12)25-18/h3-10H,2H2,1H3,(H,19,20,24). The Kier molecular flexibility index (Phi) is 3.77. The Hall–Kier alpha value is -3.06. The van der Waals surface area contributed by atoms with E-state index < -0.39 is 5.91 Å². The number of thiazole rings is 1. The molecule has 0 atom stereocenters. The summed E-state index contributed by atoms with van der Waals surface area (Å²) >= 11 is 1.36. The molecular formula is C18H14N4O2S. The van der Waals surface area contributed by atoms with Crippen LogP contribution in [0.25, 0.3) is 21.1 Å². The summed E-state index contributed by atoms with van der Waals surface area (Å²) in [7, 11) is 0. The van der Waals surface area contributed by atoms with Gasteiger partial charge in [-0.15, -0.1) is 0 Å². The highest BCUT2D eigenvalue weighted by Crippen LogP contribution is 2.25. The minimum atomic E-state index is -0.544. The van der Waals surface area contributed by atoms with Crippen LogP contribution in [0.1, 0.15) is 17.4 Å². The molecule has 0 fully saturated rings. The van der Waals surface area contributed by atoms with Crippen molar-refractivity contribution in [3.05, 3.63) is 64.4 Å². The lowest BCUT2D eigenvalue weighted by atomic mass is 10.2. The number of amides is 1. The first-order valence-electron chi connectivity index (χ1n) is 7.84. The van der Waals surface area contributed by atoms with Crippen molar-refractivity contribution in [3.63, 3.8) is 0 Å². The van der Waals surface area contributed by atoms with E-state index in [4.69, 9.17) is 0 Å². The van der Waals surface area contributed by atoms with E-state index in [0.717, 1.165) is 10.2 Å². The number of aromatic nitrogens is 3. The van der Waals surface area contributed by atoms with Crippen LogP contribution < -0.4 is 10.7 Å². The van der Waals surface area contributed by atoms with Crippen molar-refractivity contribution in [1.29, 1.82) is 0 Å². The number of carbonyl (C=O) groups excluding carboxylic acids is 1. The molecule has 0 spiro atoms. The summed E-state index contributed by atoms with van der Waals surface area (Å²) in [6.45, 7) is 2.47. The van der Waals surface area contributed by atoms with Crippen LogP contribution in [-0.4, -0.2) is 20.7 Å². The molecule has 0 aliphatic carbocycles. The zero-order chi connectivity index (χ0) is 17.4. The van der Waals surface area contributed by atoms with Crippen molar-refractivity contribution in [3.8, 4) is 0 Å². The number of nitrogens with zero attached hydrogens (tertiary/aromatic N) is 3. The Balaban J connectivity index is 1.77. The zero-order valence-electron chi connectivity index (χ0n) is 13.4. The molecule has 0 unspecified atom stereocenters. The largest absolute Gasteiger partial charge is 0.296 e. The lowest BCUT2D eigenvalue weighted by Crippen LogP contribution is -2.27. The molecule has 2 aromatic carbocycles. The summed E-state index contributed by atoms with van der Waals surface area (Å²) in [6, 6.07) is 14.8. The number of rotatable bonds is 3. The second-order valence-corrected chi connectivity index (χ2v) is 6.48. The maximum absolute atomic E-state index is 12.6. The molecule has 0 aliphatic rings. The van der Waals surface area contributed by atoms with Crippen LogP contribution in [0.4, 0.5) is 5.13 Å². The van der Waals surface area contributed by atoms with Crippen LogP contribution in [0.3, 0.4) is 0 Å². The second-order valence-electron chi connectivity index (χ2n) is 5.45. The monoisotopic (exact) mass is 350 g/mol. The van der Waals surface area contributed by atoms with Crippen molar-refractivity contribution < 1.29 is 4.79 Å². The first-order valence-corrected chi connectivity index (χ1v) is 8.66. The average molecular weight is 350 g/mol. The van der Waals surface area contributed by atoms with Crippen LogP contribution in [0.5, 0.6) is 0 Å². The summed E-state index contributed by atoms with van der Waals surface area (Å²) in [4.78, 5) is 29.6. The highest BCUT2D eigenvalue weighted by molar-refractivity contribution is 7.22. The third kappa shape index (κ3) is 2.68. The van der Waals surface area contributed by atoms with Gasteiger partial charge < -0.3 is 0 Å². The molecule has 4 rings (SSSR count). The molecule has 0 saturated carbocycles. The zero-order valence-corrected chi connectivity index (χ0v) is 14.2. The number of fused-ring (bicyclic) bond motifs is 2. The van der Waals surface area contributed by atoms with E-state index in [1.54, 1.807) is 16.8 Å². The highest BCUT2D eigenvalue weighted by Gasteiger charge is 2.18. The number of hydrogen-bond acceptors (Lipinski definition) is 5. The molecule has 7 heteroatoms. The Labute approximate surface area is 146 Å². The van der Waals surface area contributed by atoms with Gasteiger partial charge in [0.15, 0.2) is 10.8 Å². The lowest BCUT2D eigenvalue weighted by molar-refractivity contribution is 0.101. The van der Waals surface area contributed by atoms with Gasteiger partial charge >= 0.3 is 0 Å². The smallest absolute Gasteiger partial charge is 0.281 e. The molecule has 0 bridgehead atoms. The topological polar surface area (TPSA) is 76.9 Å². The highest BCUT2D eigenvalue weighted by atomic mass is 32.1. The molecule has 1 N–H and O–H groups in total. The van der Waals surface area contributed by atoms with E-state index in [2.05, 4.69) is 15.4 Å². The van der Waals surface area contributed by atoms with Gasteiger partial charge in [-0.3, -0.25) is 19.6 Å². The van der Waals surface area contributed by atoms with E-state index >= 15 is 0 Å². The number of anilines is 1. The number of nitrogens with one attached hydrogen (secondary N) is 1. The van der Waals surface area contributed by atoms with Gasteiger partial charge in [-0.2, -0.15) is 5.10 Å². The summed E-state index contributed by atoms with van der Waals surface area (Å²) in [5, 5.41) is 7.86. The molecule has 2 aromatic heterocycles. The first-order chi connectivity index (χ1) is 12.2. The molecule has 0 radical (unpaired) electrons. The fourth-order valence-corrected chi connectivity index (χ4v) is 3.57. The Bertz CT molecular complexity index is 1130. The lowest BCUT2D eigenvalue weighted by Gasteiger charge is -2.09. The van der Waals surface area contributed by atoms with E-state index in [0.29, 0.717) is 22.6 Å². The van der Waals surface area contributed by atoms with Gasteiger partial charge in [0.1, 0.15) is 0 Å². The van der Waals surface area contributed by atoms with Crippen LogP contribution in [0.2, 0.25) is 0 Å². The summed E-state index contributed by atoms with van der Waals surface area (Å²) in [6.07, 6.45) is 0. The fraction of sp³-hybridized carbons (Fsp3) is 0.111. The van der Waals surface area contributed by atoms with Crippen molar-refractivity contribution in [2.75, 3.05) is 5.32 Å². The fourth-order valence-electron chi connectivity index (χ4n) is 2.71. The molecular weight excluding hydrogens is 336 g/mol. The van der Waals surface area contributed by atoms with Crippen molar-refractivity contribution >= 4 is 43.5 Å². The van der Waals surface area contributed by atoms with Gasteiger partial charge in [0.25, 0.3) is 5.91 Å². The number of carbonyl (C=O) groups is 1. The predicted octanol–water partition coefficient (Wildman–Crippen LogP) is 3.28. The SMILES string of the molecule is CCn1nc(C(=O)Nc2nc3ccccc3s2)c(=O)c2ccccc21. The van der Waals surface area contributed by atoms with Crippen LogP contribution in [0, 0.1) is 0 Å². The molecule has 0 aliphatic heterocycles. The van der Waals surface area contributed by atoms with Gasteiger partial charge in [-0.05, 0) is 31.2 Å². The molecule has 0 saturated heterocycles. The summed E-state index contributed by atoms with van der Waals surface area (Å²) in [5.74, 6) is -0.544. The maximum Gasteiger partial charge on any atom is 0.281 e. The quantitative estimate of drug-likeness (QED) is 0.615. The summed E-state index contributed by atoms with van der Waals surface area (Å²) < 4.78 is 2.62. The normalized spacial score (nSPS) is 11.1. The van der Waals surface area contributed by atoms with Gasteiger partial charge in [0.2, 0.25) is 5.43 Å². The van der Waals surface area contributed by atoms with Crippen molar-refractivity contribution in [2.24, 2.45) is 0 Å². The Morgan fingerprint density at radius 3 is 2.72 bits per heavy atom. The Morgan fingerprint density at radius 2 is 1.92 bits per heavy atom. The number of hydrogen-bond donors (Lipinski definition) is 1. The maximum atomic E-state index is 12.6. The summed E-state index contributed by atoms with van der Waals surface area (Å²) in [5.41, 5.74) is 1.02. The predicted molar refractivity (Wildman–Crippen MR) is 99.3 cm³/mol. The van der Waals surface area contributed by atoms with Crippen LogP contribution in [0.15, 0.2) is 53.3 Å². The minimum absolute atomic E-state index is 0.125. The molecule has 6 nitrogen and oxygen atoms in total. The third-order valence-corrected chi connectivity index (χ3v) is 4.84. The molecule has 2 heterocycles. The van der Waals surface area contributed by atoms with E-state index in [-0.39, 0.29) is 11.1 Å². The number of benzene rings is 2. The van der Waals surface area contributed by atoms with E-state index in [1.807, 2.05) is 43.3 Å². The van der Waals surface area contributed by atoms with Crippen molar-refractivity contribution in [2.45, 2.75) is 13.5 Å². The van der Waals surface area contributed by atoms with Gasteiger partial charge in [0, 0.05) is 11.9 Å². The van der Waals surface area contributed by atoms with E-state index in [9.17, 15) is 9.59 Å². The minimum Gasteiger partial charge on any atom is -0.296 e. The van der Waals surface area contributed by atoms with Gasteiger partial charge in [0.05, 0.1) is 15.7 Å². The van der Waals surface area contributed by atoms with E-state index in [1.165, 1.54) is 11.3 Å². The first kappa shape index (κ1) is 15.5. The molecule has 1 amide bonds. The number of aryl methyl sites for hydroxylation is 1. The van der Waals surface area contributed by atoms with Crippen molar-refractivity contribution in [1.82, 2.24) is 14.8 Å². The van der Waals surface area contributed by atoms with Gasteiger partial charge in [-0.1, -0.05) is 35.6 Å². The second kappa shape index (κ2) is 6.10. The molecule has 25 heavy (non-hydrogen) atoms. The molecule has 4 aromatic rings. The molecule has 124 valence electrons. The average Bonchev–Trinajstić information content (AvgIpc) is 3.04. The van der Waals surface area contributed by atoms with Crippen LogP contribution in [-0.2, 0) is 6.54 Å². The number of para-hydroxylation sites is 2. The third-order valence-electron chi connectivity index (χ3n) is 3.89.